The summed E-state index contributed by atoms with van der Waals surface area (Å²) >= 11 is 0. The number of carboxylic acids is 1. The highest BCUT2D eigenvalue weighted by Gasteiger charge is 2.13. The fraction of sp³-hybridized carbons (Fsp3) is 0.0833. The summed E-state index contributed by atoms with van der Waals surface area (Å²) in [5.41, 5.74) is 0.843. The van der Waals surface area contributed by atoms with E-state index in [0.717, 1.165) is 0 Å². The zero-order valence-corrected chi connectivity index (χ0v) is 8.80. The number of nitrogens with zero attached hydrogens (tertiary/aromatic N) is 2. The third kappa shape index (κ3) is 2.44. The number of halogens is 1. The van der Waals surface area contributed by atoms with E-state index in [9.17, 15) is 9.18 Å². The lowest BCUT2D eigenvalue weighted by Gasteiger charge is -2.05. The van der Waals surface area contributed by atoms with Crippen molar-refractivity contribution in [3.05, 3.63) is 48.2 Å². The summed E-state index contributed by atoms with van der Waals surface area (Å²) in [6.45, 7) is 0. The van der Waals surface area contributed by atoms with E-state index in [1.165, 1.54) is 24.7 Å². The Labute approximate surface area is 96.8 Å². The molecule has 0 fully saturated rings. The molecule has 2 heterocycles. The molecule has 0 saturated carbocycles. The molecule has 2 aromatic heterocycles. The number of pyridine rings is 2. The molecule has 0 bridgehead atoms. The number of hydrogen-bond acceptors (Lipinski definition) is 3. The van der Waals surface area contributed by atoms with Crippen molar-refractivity contribution in [2.75, 3.05) is 0 Å². The number of aliphatic carboxylic acids is 1. The van der Waals surface area contributed by atoms with E-state index in [2.05, 4.69) is 9.97 Å². The topological polar surface area (TPSA) is 63.1 Å². The normalized spacial score (nSPS) is 10.2. The summed E-state index contributed by atoms with van der Waals surface area (Å²) in [5, 5.41) is 8.66. The summed E-state index contributed by atoms with van der Waals surface area (Å²) < 4.78 is 14.0. The van der Waals surface area contributed by atoms with Crippen LogP contribution in [0.3, 0.4) is 0 Å². The molecule has 0 aliphatic rings. The molecule has 4 nitrogen and oxygen atoms in total. The van der Waals surface area contributed by atoms with E-state index in [-0.39, 0.29) is 17.7 Å². The van der Waals surface area contributed by atoms with Crippen LogP contribution in [0.2, 0.25) is 0 Å². The van der Waals surface area contributed by atoms with Gasteiger partial charge in [-0.05, 0) is 18.2 Å². The second-order valence-electron chi connectivity index (χ2n) is 3.44. The van der Waals surface area contributed by atoms with E-state index in [0.29, 0.717) is 5.56 Å². The Bertz CT molecular complexity index is 543. The predicted octanol–water partition coefficient (Wildman–Crippen LogP) is 1.91. The Morgan fingerprint density at radius 1 is 1.24 bits per heavy atom. The van der Waals surface area contributed by atoms with Crippen LogP contribution in [0.5, 0.6) is 0 Å². The Balaban J connectivity index is 2.46. The molecule has 5 heteroatoms. The molecule has 0 aromatic carbocycles. The number of carbonyl (C=O) groups is 1. The van der Waals surface area contributed by atoms with Gasteiger partial charge in [0.2, 0.25) is 0 Å². The maximum atomic E-state index is 14.0. The van der Waals surface area contributed by atoms with Gasteiger partial charge in [0.15, 0.2) is 5.82 Å². The minimum absolute atomic E-state index is 0.124. The molecule has 86 valence electrons. The van der Waals surface area contributed by atoms with Crippen molar-refractivity contribution in [2.45, 2.75) is 6.42 Å². The quantitative estimate of drug-likeness (QED) is 0.877. The zero-order chi connectivity index (χ0) is 12.3. The molecule has 0 amide bonds. The van der Waals surface area contributed by atoms with Gasteiger partial charge < -0.3 is 5.11 Å². The van der Waals surface area contributed by atoms with Crippen molar-refractivity contribution in [2.24, 2.45) is 0 Å². The molecule has 0 aliphatic heterocycles. The SMILES string of the molecule is O=C(O)Cc1ccnc(-c2ccncc2)c1F. The van der Waals surface area contributed by atoms with Gasteiger partial charge in [-0.15, -0.1) is 0 Å². The highest BCUT2D eigenvalue weighted by molar-refractivity contribution is 5.71. The lowest BCUT2D eigenvalue weighted by atomic mass is 10.1. The van der Waals surface area contributed by atoms with E-state index in [4.69, 9.17) is 5.11 Å². The van der Waals surface area contributed by atoms with Crippen LogP contribution in [0.25, 0.3) is 11.3 Å². The van der Waals surface area contributed by atoms with Gasteiger partial charge in [-0.2, -0.15) is 0 Å². The maximum Gasteiger partial charge on any atom is 0.307 e. The van der Waals surface area contributed by atoms with Crippen LogP contribution in [0.15, 0.2) is 36.8 Å². The largest absolute Gasteiger partial charge is 0.481 e. The highest BCUT2D eigenvalue weighted by atomic mass is 19.1. The molecule has 0 aliphatic carbocycles. The maximum absolute atomic E-state index is 14.0. The molecule has 2 rings (SSSR count). The Hall–Kier alpha value is -2.30. The second-order valence-corrected chi connectivity index (χ2v) is 3.44. The fourth-order valence-electron chi connectivity index (χ4n) is 1.49. The summed E-state index contributed by atoms with van der Waals surface area (Å²) in [6, 6.07) is 4.61. The predicted molar refractivity (Wildman–Crippen MR) is 58.8 cm³/mol. The van der Waals surface area contributed by atoms with Crippen LogP contribution in [0.1, 0.15) is 5.56 Å². The molecular weight excluding hydrogens is 223 g/mol. The van der Waals surface area contributed by atoms with Gasteiger partial charge in [-0.1, -0.05) is 0 Å². The smallest absolute Gasteiger partial charge is 0.307 e. The van der Waals surface area contributed by atoms with Crippen LogP contribution in [0, 0.1) is 5.82 Å². The van der Waals surface area contributed by atoms with Gasteiger partial charge in [0.05, 0.1) is 6.42 Å². The number of hydrogen-bond donors (Lipinski definition) is 1. The molecule has 17 heavy (non-hydrogen) atoms. The lowest BCUT2D eigenvalue weighted by molar-refractivity contribution is -0.136. The van der Waals surface area contributed by atoms with Crippen LogP contribution >= 0.6 is 0 Å². The minimum atomic E-state index is -1.07. The first kappa shape index (κ1) is 11.2. The average Bonchev–Trinajstić information content (AvgIpc) is 2.32. The van der Waals surface area contributed by atoms with Gasteiger partial charge in [0.25, 0.3) is 0 Å². The van der Waals surface area contributed by atoms with Crippen LogP contribution in [-0.4, -0.2) is 21.0 Å². The number of rotatable bonds is 3. The minimum Gasteiger partial charge on any atom is -0.481 e. The number of carboxylic acid groups (broad SMARTS) is 1. The van der Waals surface area contributed by atoms with Gasteiger partial charge in [-0.25, -0.2) is 4.39 Å². The van der Waals surface area contributed by atoms with Crippen molar-refractivity contribution in [3.63, 3.8) is 0 Å². The van der Waals surface area contributed by atoms with Gasteiger partial charge in [0, 0.05) is 29.7 Å². The van der Waals surface area contributed by atoms with Gasteiger partial charge in [0.1, 0.15) is 5.69 Å². The Morgan fingerprint density at radius 3 is 2.59 bits per heavy atom. The fourth-order valence-corrected chi connectivity index (χ4v) is 1.49. The van der Waals surface area contributed by atoms with Crippen molar-refractivity contribution in [1.82, 2.24) is 9.97 Å². The van der Waals surface area contributed by atoms with E-state index in [1.54, 1.807) is 12.1 Å². The molecule has 0 atom stereocenters. The van der Waals surface area contributed by atoms with Crippen LogP contribution in [0.4, 0.5) is 4.39 Å². The average molecular weight is 232 g/mol. The summed E-state index contributed by atoms with van der Waals surface area (Å²) in [6.07, 6.45) is 4.10. The van der Waals surface area contributed by atoms with Gasteiger partial charge >= 0.3 is 5.97 Å². The molecule has 0 radical (unpaired) electrons. The van der Waals surface area contributed by atoms with E-state index in [1.807, 2.05) is 0 Å². The van der Waals surface area contributed by atoms with Crippen molar-refractivity contribution < 1.29 is 14.3 Å². The molecule has 0 unspecified atom stereocenters. The van der Waals surface area contributed by atoms with Crippen molar-refractivity contribution >= 4 is 5.97 Å². The Kier molecular flexibility index (Phi) is 3.09. The van der Waals surface area contributed by atoms with E-state index < -0.39 is 11.8 Å². The monoisotopic (exact) mass is 232 g/mol. The molecule has 0 saturated heterocycles. The van der Waals surface area contributed by atoms with Gasteiger partial charge in [-0.3, -0.25) is 14.8 Å². The van der Waals surface area contributed by atoms with Crippen molar-refractivity contribution in [3.8, 4) is 11.3 Å². The first-order chi connectivity index (χ1) is 8.18. The van der Waals surface area contributed by atoms with Crippen LogP contribution < -0.4 is 0 Å². The summed E-state index contributed by atoms with van der Waals surface area (Å²) in [5.74, 6) is -1.67. The van der Waals surface area contributed by atoms with Crippen LogP contribution in [-0.2, 0) is 11.2 Å². The second kappa shape index (κ2) is 4.69. The van der Waals surface area contributed by atoms with E-state index >= 15 is 0 Å². The summed E-state index contributed by atoms with van der Waals surface area (Å²) in [7, 11) is 0. The highest BCUT2D eigenvalue weighted by Crippen LogP contribution is 2.21. The molecular formula is C12H9FN2O2. The lowest BCUT2D eigenvalue weighted by Crippen LogP contribution is -2.04. The molecule has 0 spiro atoms. The van der Waals surface area contributed by atoms with Crippen molar-refractivity contribution in [1.29, 1.82) is 0 Å². The third-order valence-corrected chi connectivity index (χ3v) is 2.26. The standard InChI is InChI=1S/C12H9FN2O2/c13-11-9(7-10(16)17)3-6-15-12(11)8-1-4-14-5-2-8/h1-6H,7H2,(H,16,17). The third-order valence-electron chi connectivity index (χ3n) is 2.26. The Morgan fingerprint density at radius 2 is 1.94 bits per heavy atom. The molecule has 1 N–H and O–H groups in total. The zero-order valence-electron chi connectivity index (χ0n) is 8.80. The molecule has 2 aromatic rings. The first-order valence-corrected chi connectivity index (χ1v) is 4.94. The first-order valence-electron chi connectivity index (χ1n) is 4.94. The number of aromatic nitrogens is 2. The summed E-state index contributed by atoms with van der Waals surface area (Å²) in [4.78, 5) is 18.3.